The number of nitrogens with one attached hydrogen (secondary N) is 1. The Kier molecular flexibility index (Phi) is 4.58. The fourth-order valence-electron chi connectivity index (χ4n) is 1.31. The Hall–Kier alpha value is -1.28. The van der Waals surface area contributed by atoms with Gasteiger partial charge in [0.1, 0.15) is 5.75 Å². The fraction of sp³-hybridized carbons (Fsp3) is 0.400. The molecule has 0 radical (unpaired) electrons. The molecule has 1 rings (SSSR count). The van der Waals surface area contributed by atoms with Gasteiger partial charge in [-0.25, -0.2) is 13.1 Å². The lowest BCUT2D eigenvalue weighted by atomic mass is 10.1. The number of sulfonamides is 1. The van der Waals surface area contributed by atoms with Gasteiger partial charge >= 0.3 is 15.5 Å². The summed E-state index contributed by atoms with van der Waals surface area (Å²) in [5.74, 6) is 0.503. The second-order valence-electron chi connectivity index (χ2n) is 3.41. The molecular formula is C10H12F3NO3S. The SMILES string of the molecule is COc1ccccc1CCNS(=O)(=O)C(F)(F)F. The lowest BCUT2D eigenvalue weighted by Crippen LogP contribution is -2.37. The summed E-state index contributed by atoms with van der Waals surface area (Å²) >= 11 is 0. The summed E-state index contributed by atoms with van der Waals surface area (Å²) < 4.78 is 64.0. The topological polar surface area (TPSA) is 55.4 Å². The number of hydrogen-bond acceptors (Lipinski definition) is 3. The Bertz CT molecular complexity index is 499. The standard InChI is InChI=1S/C10H12F3NO3S/c1-17-9-5-3-2-4-8(9)6-7-14-18(15,16)10(11,12)13/h2-5,14H,6-7H2,1H3. The molecule has 102 valence electrons. The quantitative estimate of drug-likeness (QED) is 0.894. The molecule has 0 aromatic heterocycles. The molecule has 0 saturated heterocycles. The average molecular weight is 283 g/mol. The number of rotatable bonds is 5. The van der Waals surface area contributed by atoms with Crippen LogP contribution in [0.3, 0.4) is 0 Å². The van der Waals surface area contributed by atoms with E-state index in [1.54, 1.807) is 24.3 Å². The van der Waals surface area contributed by atoms with Gasteiger partial charge in [0, 0.05) is 6.54 Å². The molecule has 1 aromatic carbocycles. The molecule has 1 N–H and O–H groups in total. The lowest BCUT2D eigenvalue weighted by Gasteiger charge is -2.11. The van der Waals surface area contributed by atoms with Crippen LogP contribution in [0.25, 0.3) is 0 Å². The predicted octanol–water partition coefficient (Wildman–Crippen LogP) is 1.68. The highest BCUT2D eigenvalue weighted by Gasteiger charge is 2.45. The van der Waals surface area contributed by atoms with Crippen molar-refractivity contribution in [2.45, 2.75) is 11.9 Å². The maximum Gasteiger partial charge on any atom is 0.511 e. The van der Waals surface area contributed by atoms with Crippen LogP contribution in [-0.4, -0.2) is 27.6 Å². The monoisotopic (exact) mass is 283 g/mol. The molecule has 0 spiro atoms. The van der Waals surface area contributed by atoms with Crippen LogP contribution >= 0.6 is 0 Å². The van der Waals surface area contributed by atoms with Gasteiger partial charge < -0.3 is 4.74 Å². The number of methoxy groups -OCH3 is 1. The predicted molar refractivity (Wildman–Crippen MR) is 59.7 cm³/mol. The van der Waals surface area contributed by atoms with Crippen LogP contribution in [0.15, 0.2) is 24.3 Å². The van der Waals surface area contributed by atoms with Gasteiger partial charge in [-0.3, -0.25) is 0 Å². The molecule has 8 heteroatoms. The van der Waals surface area contributed by atoms with Gasteiger partial charge in [0.25, 0.3) is 0 Å². The van der Waals surface area contributed by atoms with Crippen molar-refractivity contribution in [2.75, 3.05) is 13.7 Å². The molecule has 0 unspecified atom stereocenters. The molecule has 0 aliphatic carbocycles. The van der Waals surface area contributed by atoms with Gasteiger partial charge in [-0.1, -0.05) is 18.2 Å². The minimum atomic E-state index is -5.28. The maximum atomic E-state index is 12.0. The zero-order valence-corrected chi connectivity index (χ0v) is 10.3. The van der Waals surface area contributed by atoms with E-state index >= 15 is 0 Å². The summed E-state index contributed by atoms with van der Waals surface area (Å²) in [6.45, 7) is -0.345. The second-order valence-corrected chi connectivity index (χ2v) is 5.16. The van der Waals surface area contributed by atoms with Crippen LogP contribution < -0.4 is 9.46 Å². The first-order valence-electron chi connectivity index (χ1n) is 4.96. The van der Waals surface area contributed by atoms with Crippen molar-refractivity contribution in [1.29, 1.82) is 0 Å². The minimum absolute atomic E-state index is 0.110. The van der Waals surface area contributed by atoms with E-state index in [2.05, 4.69) is 0 Å². The van der Waals surface area contributed by atoms with Crippen LogP contribution in [0.1, 0.15) is 5.56 Å². The lowest BCUT2D eigenvalue weighted by molar-refractivity contribution is -0.0447. The van der Waals surface area contributed by atoms with Crippen molar-refractivity contribution in [3.8, 4) is 5.75 Å². The Morgan fingerprint density at radius 2 is 1.89 bits per heavy atom. The van der Waals surface area contributed by atoms with E-state index in [1.165, 1.54) is 11.8 Å². The first-order chi connectivity index (χ1) is 8.28. The van der Waals surface area contributed by atoms with Crippen LogP contribution in [0.2, 0.25) is 0 Å². The Morgan fingerprint density at radius 1 is 1.28 bits per heavy atom. The molecular weight excluding hydrogens is 271 g/mol. The van der Waals surface area contributed by atoms with Gasteiger partial charge in [-0.15, -0.1) is 0 Å². The third-order valence-corrected chi connectivity index (χ3v) is 3.38. The minimum Gasteiger partial charge on any atom is -0.496 e. The number of halogens is 3. The number of alkyl halides is 3. The maximum absolute atomic E-state index is 12.0. The van der Waals surface area contributed by atoms with Crippen LogP contribution in [0, 0.1) is 0 Å². The fourth-order valence-corrected chi connectivity index (χ4v) is 1.85. The summed E-state index contributed by atoms with van der Waals surface area (Å²) in [5, 5.41) is 0. The van der Waals surface area contributed by atoms with E-state index in [0.717, 1.165) is 0 Å². The zero-order chi connectivity index (χ0) is 13.8. The highest BCUT2D eigenvalue weighted by atomic mass is 32.2. The van der Waals surface area contributed by atoms with Gasteiger partial charge in [0.15, 0.2) is 0 Å². The Morgan fingerprint density at radius 3 is 2.44 bits per heavy atom. The third kappa shape index (κ3) is 3.61. The van der Waals surface area contributed by atoms with E-state index in [-0.39, 0.29) is 13.0 Å². The average Bonchev–Trinajstić information content (AvgIpc) is 2.28. The van der Waals surface area contributed by atoms with E-state index < -0.39 is 15.5 Å². The van der Waals surface area contributed by atoms with Crippen molar-refractivity contribution in [2.24, 2.45) is 0 Å². The molecule has 4 nitrogen and oxygen atoms in total. The molecule has 0 bridgehead atoms. The molecule has 0 aliphatic rings. The third-order valence-electron chi connectivity index (χ3n) is 2.18. The molecule has 18 heavy (non-hydrogen) atoms. The van der Waals surface area contributed by atoms with E-state index in [0.29, 0.717) is 11.3 Å². The largest absolute Gasteiger partial charge is 0.511 e. The van der Waals surface area contributed by atoms with Crippen LogP contribution in [0.5, 0.6) is 5.75 Å². The summed E-state index contributed by atoms with van der Waals surface area (Å²) in [5.41, 5.74) is -4.65. The highest BCUT2D eigenvalue weighted by molar-refractivity contribution is 7.90. The van der Waals surface area contributed by atoms with Crippen molar-refractivity contribution >= 4 is 10.0 Å². The second kappa shape index (κ2) is 5.57. The summed E-state index contributed by atoms with van der Waals surface area (Å²) in [7, 11) is -3.85. The van der Waals surface area contributed by atoms with E-state index in [1.807, 2.05) is 0 Å². The molecule has 0 atom stereocenters. The zero-order valence-electron chi connectivity index (χ0n) is 9.49. The molecule has 0 heterocycles. The summed E-state index contributed by atoms with van der Waals surface area (Å²) in [6.07, 6.45) is 0.110. The van der Waals surface area contributed by atoms with Gasteiger partial charge in [-0.2, -0.15) is 13.2 Å². The van der Waals surface area contributed by atoms with Crippen molar-refractivity contribution in [3.05, 3.63) is 29.8 Å². The molecule has 0 fully saturated rings. The smallest absolute Gasteiger partial charge is 0.496 e. The molecule has 0 aliphatic heterocycles. The number of para-hydroxylation sites is 1. The van der Waals surface area contributed by atoms with Gasteiger partial charge in [-0.05, 0) is 18.1 Å². The summed E-state index contributed by atoms with van der Waals surface area (Å²) in [6, 6.07) is 6.70. The van der Waals surface area contributed by atoms with E-state index in [9.17, 15) is 21.6 Å². The first kappa shape index (κ1) is 14.8. The Balaban J connectivity index is 2.63. The Labute approximate surface area is 103 Å². The first-order valence-corrected chi connectivity index (χ1v) is 6.44. The number of ether oxygens (including phenoxy) is 1. The molecule has 0 saturated carbocycles. The molecule has 1 aromatic rings. The van der Waals surface area contributed by atoms with Gasteiger partial charge in [0.2, 0.25) is 0 Å². The van der Waals surface area contributed by atoms with Crippen molar-refractivity contribution in [3.63, 3.8) is 0 Å². The van der Waals surface area contributed by atoms with Crippen LogP contribution in [0.4, 0.5) is 13.2 Å². The molecule has 0 amide bonds. The van der Waals surface area contributed by atoms with Crippen molar-refractivity contribution < 1.29 is 26.3 Å². The normalized spacial score (nSPS) is 12.4. The van der Waals surface area contributed by atoms with Crippen molar-refractivity contribution in [1.82, 2.24) is 4.72 Å². The summed E-state index contributed by atoms with van der Waals surface area (Å²) in [4.78, 5) is 0. The number of benzene rings is 1. The van der Waals surface area contributed by atoms with Gasteiger partial charge in [0.05, 0.1) is 7.11 Å². The van der Waals surface area contributed by atoms with E-state index in [4.69, 9.17) is 4.74 Å². The van der Waals surface area contributed by atoms with Crippen LogP contribution in [-0.2, 0) is 16.4 Å². The number of hydrogen-bond donors (Lipinski definition) is 1. The highest BCUT2D eigenvalue weighted by Crippen LogP contribution is 2.22.